The lowest BCUT2D eigenvalue weighted by molar-refractivity contribution is 0.253. The first-order chi connectivity index (χ1) is 10.2. The number of hydrogen-bond acceptors (Lipinski definition) is 3. The summed E-state index contributed by atoms with van der Waals surface area (Å²) in [4.78, 5) is 5.10. The molecule has 21 heavy (non-hydrogen) atoms. The van der Waals surface area contributed by atoms with Gasteiger partial charge in [-0.2, -0.15) is 0 Å². The van der Waals surface area contributed by atoms with Crippen LogP contribution in [0, 0.1) is 6.92 Å². The number of nitrogens with one attached hydrogen (secondary N) is 1. The van der Waals surface area contributed by atoms with Crippen LogP contribution in [0.25, 0.3) is 0 Å². The van der Waals surface area contributed by atoms with Crippen molar-refractivity contribution in [3.8, 4) is 0 Å². The van der Waals surface area contributed by atoms with Crippen molar-refractivity contribution in [2.45, 2.75) is 39.7 Å². The van der Waals surface area contributed by atoms with Crippen molar-refractivity contribution >= 4 is 5.69 Å². The van der Waals surface area contributed by atoms with Gasteiger partial charge in [-0.15, -0.1) is 0 Å². The van der Waals surface area contributed by atoms with E-state index >= 15 is 0 Å². The Morgan fingerprint density at radius 3 is 2.43 bits per heavy atom. The smallest absolute Gasteiger partial charge is 0.0369 e. The van der Waals surface area contributed by atoms with Crippen molar-refractivity contribution < 1.29 is 0 Å². The molecule has 0 aromatic heterocycles. The van der Waals surface area contributed by atoms with E-state index in [4.69, 9.17) is 0 Å². The minimum Gasteiger partial charge on any atom is -0.369 e. The summed E-state index contributed by atoms with van der Waals surface area (Å²) in [7, 11) is 0. The van der Waals surface area contributed by atoms with Gasteiger partial charge in [-0.25, -0.2) is 0 Å². The van der Waals surface area contributed by atoms with Crippen LogP contribution in [-0.4, -0.2) is 50.2 Å². The Balaban J connectivity index is 1.71. The summed E-state index contributed by atoms with van der Waals surface area (Å²) >= 11 is 0. The van der Waals surface area contributed by atoms with Crippen LogP contribution >= 0.6 is 0 Å². The Kier molecular flexibility index (Phi) is 6.52. The minimum atomic E-state index is 0.693. The summed E-state index contributed by atoms with van der Waals surface area (Å²) in [6.07, 6.45) is 2.47. The molecule has 0 atom stereocenters. The lowest BCUT2D eigenvalue weighted by Crippen LogP contribution is -2.48. The summed E-state index contributed by atoms with van der Waals surface area (Å²) in [5.41, 5.74) is 2.73. The quantitative estimate of drug-likeness (QED) is 0.832. The van der Waals surface area contributed by atoms with Gasteiger partial charge in [0.1, 0.15) is 0 Å². The molecule has 118 valence electrons. The van der Waals surface area contributed by atoms with Crippen LogP contribution in [0.5, 0.6) is 0 Å². The number of piperazine rings is 1. The first kappa shape index (κ1) is 16.3. The van der Waals surface area contributed by atoms with Crippen LogP contribution in [0.15, 0.2) is 24.3 Å². The third kappa shape index (κ3) is 5.01. The second-order valence-corrected chi connectivity index (χ2v) is 6.14. The zero-order chi connectivity index (χ0) is 15.1. The summed E-state index contributed by atoms with van der Waals surface area (Å²) in [5, 5.41) is 3.66. The van der Waals surface area contributed by atoms with Crippen LogP contribution in [-0.2, 0) is 0 Å². The van der Waals surface area contributed by atoms with Crippen molar-refractivity contribution in [3.63, 3.8) is 0 Å². The molecular formula is C18H31N3. The topological polar surface area (TPSA) is 18.5 Å². The molecular weight excluding hydrogens is 258 g/mol. The van der Waals surface area contributed by atoms with Crippen LogP contribution < -0.4 is 10.2 Å². The van der Waals surface area contributed by atoms with Gasteiger partial charge in [-0.05, 0) is 37.5 Å². The molecule has 0 aliphatic carbocycles. The van der Waals surface area contributed by atoms with Gasteiger partial charge in [0.15, 0.2) is 0 Å². The van der Waals surface area contributed by atoms with E-state index in [9.17, 15) is 0 Å². The number of rotatable bonds is 7. The van der Waals surface area contributed by atoms with Crippen molar-refractivity contribution in [1.82, 2.24) is 10.2 Å². The molecule has 1 aliphatic heterocycles. The molecule has 1 aromatic rings. The van der Waals surface area contributed by atoms with Crippen LogP contribution in [0.2, 0.25) is 0 Å². The number of nitrogens with zero attached hydrogens (tertiary/aromatic N) is 2. The van der Waals surface area contributed by atoms with E-state index in [1.54, 1.807) is 0 Å². The fourth-order valence-corrected chi connectivity index (χ4v) is 3.06. The molecule has 2 rings (SSSR count). The summed E-state index contributed by atoms with van der Waals surface area (Å²) < 4.78 is 0. The standard InChI is InChI=1S/C18H31N3/c1-4-17(5-2)19-9-10-20-11-13-21(14-12-20)18-8-6-7-16(3)15-18/h6-8,15,17,19H,4-5,9-14H2,1-3H3. The van der Waals surface area contributed by atoms with Gasteiger partial charge in [-0.3, -0.25) is 4.90 Å². The fourth-order valence-electron chi connectivity index (χ4n) is 3.06. The predicted molar refractivity (Wildman–Crippen MR) is 92.2 cm³/mol. The van der Waals surface area contributed by atoms with Gasteiger partial charge in [-0.1, -0.05) is 26.0 Å². The van der Waals surface area contributed by atoms with Crippen molar-refractivity contribution in [1.29, 1.82) is 0 Å². The molecule has 0 spiro atoms. The Morgan fingerprint density at radius 2 is 1.81 bits per heavy atom. The van der Waals surface area contributed by atoms with Gasteiger partial charge in [0.25, 0.3) is 0 Å². The molecule has 3 nitrogen and oxygen atoms in total. The summed E-state index contributed by atoms with van der Waals surface area (Å²) in [6.45, 7) is 13.7. The maximum Gasteiger partial charge on any atom is 0.0369 e. The monoisotopic (exact) mass is 289 g/mol. The highest BCUT2D eigenvalue weighted by Gasteiger charge is 2.17. The maximum absolute atomic E-state index is 3.66. The molecule has 1 fully saturated rings. The zero-order valence-electron chi connectivity index (χ0n) is 13.9. The molecule has 1 heterocycles. The Labute approximate surface area is 130 Å². The van der Waals surface area contributed by atoms with E-state index in [0.29, 0.717) is 6.04 Å². The van der Waals surface area contributed by atoms with E-state index in [0.717, 1.165) is 19.6 Å². The normalized spacial score (nSPS) is 16.7. The van der Waals surface area contributed by atoms with Crippen LogP contribution in [0.1, 0.15) is 32.3 Å². The molecule has 1 saturated heterocycles. The molecule has 0 radical (unpaired) electrons. The van der Waals surface area contributed by atoms with Crippen LogP contribution in [0.3, 0.4) is 0 Å². The largest absolute Gasteiger partial charge is 0.369 e. The van der Waals surface area contributed by atoms with Gasteiger partial charge in [0, 0.05) is 51.0 Å². The molecule has 3 heteroatoms. The van der Waals surface area contributed by atoms with Crippen molar-refractivity contribution in [3.05, 3.63) is 29.8 Å². The van der Waals surface area contributed by atoms with Crippen LogP contribution in [0.4, 0.5) is 5.69 Å². The minimum absolute atomic E-state index is 0.693. The highest BCUT2D eigenvalue weighted by Crippen LogP contribution is 2.17. The van der Waals surface area contributed by atoms with E-state index in [1.165, 1.54) is 43.7 Å². The Bertz CT molecular complexity index is 407. The highest BCUT2D eigenvalue weighted by molar-refractivity contribution is 5.48. The molecule has 0 amide bonds. The molecule has 1 aliphatic rings. The van der Waals surface area contributed by atoms with Gasteiger partial charge in [0.05, 0.1) is 0 Å². The van der Waals surface area contributed by atoms with Gasteiger partial charge < -0.3 is 10.2 Å². The third-order valence-electron chi connectivity index (χ3n) is 4.59. The highest BCUT2D eigenvalue weighted by atomic mass is 15.3. The number of anilines is 1. The van der Waals surface area contributed by atoms with Crippen molar-refractivity contribution in [2.75, 3.05) is 44.2 Å². The van der Waals surface area contributed by atoms with E-state index in [-0.39, 0.29) is 0 Å². The maximum atomic E-state index is 3.66. The van der Waals surface area contributed by atoms with Gasteiger partial charge >= 0.3 is 0 Å². The second kappa shape index (κ2) is 8.40. The van der Waals surface area contributed by atoms with Crippen molar-refractivity contribution in [2.24, 2.45) is 0 Å². The summed E-state index contributed by atoms with van der Waals surface area (Å²) in [6, 6.07) is 9.56. The molecule has 0 saturated carbocycles. The number of aryl methyl sites for hydroxylation is 1. The lowest BCUT2D eigenvalue weighted by atomic mass is 10.1. The zero-order valence-corrected chi connectivity index (χ0v) is 13.9. The second-order valence-electron chi connectivity index (χ2n) is 6.14. The predicted octanol–water partition coefficient (Wildman–Crippen LogP) is 2.90. The molecule has 1 aromatic carbocycles. The molecule has 0 bridgehead atoms. The van der Waals surface area contributed by atoms with Gasteiger partial charge in [0.2, 0.25) is 0 Å². The fraction of sp³-hybridized carbons (Fsp3) is 0.667. The average molecular weight is 289 g/mol. The lowest BCUT2D eigenvalue weighted by Gasteiger charge is -2.36. The SMILES string of the molecule is CCC(CC)NCCN1CCN(c2cccc(C)c2)CC1. The first-order valence-electron chi connectivity index (χ1n) is 8.50. The van der Waals surface area contributed by atoms with E-state index in [2.05, 4.69) is 60.2 Å². The summed E-state index contributed by atoms with van der Waals surface area (Å²) in [5.74, 6) is 0. The third-order valence-corrected chi connectivity index (χ3v) is 4.59. The number of benzene rings is 1. The Morgan fingerprint density at radius 1 is 1.10 bits per heavy atom. The van der Waals surface area contributed by atoms with E-state index in [1.807, 2.05) is 0 Å². The molecule has 1 N–H and O–H groups in total. The Hall–Kier alpha value is -1.06. The number of hydrogen-bond donors (Lipinski definition) is 1. The molecule has 0 unspecified atom stereocenters. The first-order valence-corrected chi connectivity index (χ1v) is 8.50. The average Bonchev–Trinajstić information content (AvgIpc) is 2.52. The van der Waals surface area contributed by atoms with E-state index < -0.39 is 0 Å².